The highest BCUT2D eigenvalue weighted by Crippen LogP contribution is 2.23. The first-order valence-electron chi connectivity index (χ1n) is 9.77. The topological polar surface area (TPSA) is 98.1 Å². The van der Waals surface area contributed by atoms with E-state index >= 15 is 0 Å². The van der Waals surface area contributed by atoms with Crippen LogP contribution in [0.1, 0.15) is 25.1 Å². The van der Waals surface area contributed by atoms with E-state index in [2.05, 4.69) is 9.89 Å². The molecule has 1 atom stereocenters. The lowest BCUT2D eigenvalue weighted by Gasteiger charge is -2.34. The Morgan fingerprint density at radius 2 is 2.21 bits per heavy atom. The van der Waals surface area contributed by atoms with Gasteiger partial charge in [-0.05, 0) is 19.1 Å². The number of anilines is 1. The number of thioether (sulfide) groups is 1. The second kappa shape index (κ2) is 9.41. The van der Waals surface area contributed by atoms with E-state index in [1.165, 1.54) is 18.0 Å². The largest absolute Gasteiger partial charge is 0.404 e. The van der Waals surface area contributed by atoms with Crippen molar-refractivity contribution in [3.8, 4) is 0 Å². The number of hydrogen-bond acceptors (Lipinski definition) is 8. The SMILES string of the molecule is CCc1nc2cc(N3CCOC(/C(C=NC)=C/N)C3)nc(SC)n2c(=O)c1CC. The summed E-state index contributed by atoms with van der Waals surface area (Å²) in [5.74, 6) is 0.783. The van der Waals surface area contributed by atoms with Gasteiger partial charge in [-0.1, -0.05) is 25.6 Å². The average Bonchev–Trinajstić information content (AvgIpc) is 2.76. The molecule has 8 nitrogen and oxygen atoms in total. The second-order valence-corrected chi connectivity index (χ2v) is 7.48. The third-order valence-corrected chi connectivity index (χ3v) is 5.69. The highest BCUT2D eigenvalue weighted by Gasteiger charge is 2.25. The Morgan fingerprint density at radius 3 is 2.83 bits per heavy atom. The summed E-state index contributed by atoms with van der Waals surface area (Å²) in [4.78, 5) is 28.8. The first kappa shape index (κ1) is 21.3. The van der Waals surface area contributed by atoms with Crippen LogP contribution in [0, 0.1) is 0 Å². The van der Waals surface area contributed by atoms with E-state index in [-0.39, 0.29) is 11.7 Å². The molecule has 3 rings (SSSR count). The Kier molecular flexibility index (Phi) is 6.92. The van der Waals surface area contributed by atoms with Gasteiger partial charge >= 0.3 is 0 Å². The van der Waals surface area contributed by atoms with Crippen molar-refractivity contribution in [3.05, 3.63) is 39.5 Å². The standard InChI is InChI=1S/C20H28N6O2S/c1-5-14-15(6-2)23-18-9-17(24-20(29-4)26(18)19(14)27)25-7-8-28-16(12-25)13(10-21)11-22-3/h9-11,16H,5-8,12,21H2,1-4H3/b13-10+,22-11?. The van der Waals surface area contributed by atoms with E-state index in [4.69, 9.17) is 20.4 Å². The molecule has 0 aromatic carbocycles. The molecule has 156 valence electrons. The summed E-state index contributed by atoms with van der Waals surface area (Å²) in [6.45, 7) is 5.87. The van der Waals surface area contributed by atoms with E-state index in [9.17, 15) is 4.79 Å². The quantitative estimate of drug-likeness (QED) is 0.435. The molecular weight excluding hydrogens is 388 g/mol. The Balaban J connectivity index is 2.07. The zero-order valence-corrected chi connectivity index (χ0v) is 18.2. The van der Waals surface area contributed by atoms with E-state index in [0.717, 1.165) is 29.1 Å². The van der Waals surface area contributed by atoms with Crippen molar-refractivity contribution in [3.63, 3.8) is 0 Å². The summed E-state index contributed by atoms with van der Waals surface area (Å²) in [5.41, 5.74) is 8.81. The molecule has 29 heavy (non-hydrogen) atoms. The number of fused-ring (bicyclic) bond motifs is 1. The zero-order valence-electron chi connectivity index (χ0n) is 17.4. The van der Waals surface area contributed by atoms with Crippen molar-refractivity contribution in [1.29, 1.82) is 0 Å². The van der Waals surface area contributed by atoms with Gasteiger partial charge in [-0.2, -0.15) is 0 Å². The van der Waals surface area contributed by atoms with Gasteiger partial charge in [0.15, 0.2) is 5.16 Å². The molecule has 0 spiro atoms. The Hall–Kier alpha value is -2.39. The van der Waals surface area contributed by atoms with Gasteiger partial charge in [0.2, 0.25) is 0 Å². The van der Waals surface area contributed by atoms with Crippen LogP contribution < -0.4 is 16.2 Å². The van der Waals surface area contributed by atoms with Crippen LogP contribution in [-0.2, 0) is 17.6 Å². The molecule has 1 fully saturated rings. The summed E-state index contributed by atoms with van der Waals surface area (Å²) in [7, 11) is 1.71. The Morgan fingerprint density at radius 1 is 1.41 bits per heavy atom. The molecule has 2 aromatic rings. The van der Waals surface area contributed by atoms with E-state index in [1.807, 2.05) is 26.2 Å². The predicted octanol–water partition coefficient (Wildman–Crippen LogP) is 1.68. The minimum absolute atomic E-state index is 0.0230. The highest BCUT2D eigenvalue weighted by molar-refractivity contribution is 7.98. The number of rotatable bonds is 6. The minimum Gasteiger partial charge on any atom is -0.404 e. The number of morpholine rings is 1. The molecule has 1 saturated heterocycles. The smallest absolute Gasteiger partial charge is 0.263 e. The van der Waals surface area contributed by atoms with Crippen LogP contribution in [0.15, 0.2) is 32.8 Å². The van der Waals surface area contributed by atoms with Gasteiger partial charge in [0.25, 0.3) is 5.56 Å². The summed E-state index contributed by atoms with van der Waals surface area (Å²) in [6, 6.07) is 1.89. The lowest BCUT2D eigenvalue weighted by Crippen LogP contribution is -2.44. The molecule has 0 aliphatic carbocycles. The molecule has 0 radical (unpaired) electrons. The van der Waals surface area contributed by atoms with Gasteiger partial charge in [0.05, 0.1) is 12.3 Å². The number of nitrogens with zero attached hydrogens (tertiary/aromatic N) is 5. The van der Waals surface area contributed by atoms with Gasteiger partial charge < -0.3 is 15.4 Å². The van der Waals surface area contributed by atoms with Crippen molar-refractivity contribution >= 4 is 29.4 Å². The predicted molar refractivity (Wildman–Crippen MR) is 118 cm³/mol. The maximum absolute atomic E-state index is 13.1. The summed E-state index contributed by atoms with van der Waals surface area (Å²) >= 11 is 1.44. The van der Waals surface area contributed by atoms with Crippen LogP contribution in [0.2, 0.25) is 0 Å². The number of nitrogens with two attached hydrogens (primary N) is 1. The summed E-state index contributed by atoms with van der Waals surface area (Å²) in [5, 5.41) is 0.639. The molecule has 1 unspecified atom stereocenters. The van der Waals surface area contributed by atoms with Crippen LogP contribution in [0.4, 0.5) is 5.82 Å². The van der Waals surface area contributed by atoms with Crippen molar-refractivity contribution in [2.75, 3.05) is 37.9 Å². The third kappa shape index (κ3) is 4.16. The molecule has 0 bridgehead atoms. The molecule has 0 amide bonds. The third-order valence-electron chi connectivity index (χ3n) is 5.05. The first-order valence-corrected chi connectivity index (χ1v) is 11.0. The van der Waals surface area contributed by atoms with Crippen LogP contribution in [0.3, 0.4) is 0 Å². The van der Waals surface area contributed by atoms with Crippen molar-refractivity contribution in [2.24, 2.45) is 10.7 Å². The molecule has 0 saturated carbocycles. The van der Waals surface area contributed by atoms with Gasteiger partial charge in [0.1, 0.15) is 17.6 Å². The van der Waals surface area contributed by atoms with Gasteiger partial charge in [-0.15, -0.1) is 0 Å². The Bertz CT molecular complexity index is 1000. The fourth-order valence-electron chi connectivity index (χ4n) is 3.58. The normalized spacial score (nSPS) is 18.1. The molecule has 9 heteroatoms. The van der Waals surface area contributed by atoms with Crippen LogP contribution in [0.5, 0.6) is 0 Å². The lowest BCUT2D eigenvalue weighted by atomic mass is 10.1. The van der Waals surface area contributed by atoms with Gasteiger partial charge in [-0.3, -0.25) is 9.79 Å². The molecule has 2 aromatic heterocycles. The maximum atomic E-state index is 13.1. The average molecular weight is 417 g/mol. The van der Waals surface area contributed by atoms with Gasteiger partial charge in [-0.25, -0.2) is 14.4 Å². The fraction of sp³-hybridized carbons (Fsp3) is 0.500. The number of aryl methyl sites for hydroxylation is 1. The number of aromatic nitrogens is 3. The maximum Gasteiger partial charge on any atom is 0.263 e. The fourth-order valence-corrected chi connectivity index (χ4v) is 4.13. The molecule has 2 N–H and O–H groups in total. The monoisotopic (exact) mass is 416 g/mol. The van der Waals surface area contributed by atoms with Crippen LogP contribution in [0.25, 0.3) is 5.65 Å². The second-order valence-electron chi connectivity index (χ2n) is 6.70. The van der Waals surface area contributed by atoms with Crippen molar-refractivity contribution in [2.45, 2.75) is 37.9 Å². The number of aliphatic imine (C=N–C) groups is 1. The zero-order chi connectivity index (χ0) is 21.0. The van der Waals surface area contributed by atoms with Crippen molar-refractivity contribution < 1.29 is 4.74 Å². The van der Waals surface area contributed by atoms with E-state index < -0.39 is 0 Å². The van der Waals surface area contributed by atoms with Crippen LogP contribution in [-0.4, -0.2) is 59.7 Å². The molecule has 1 aliphatic heterocycles. The highest BCUT2D eigenvalue weighted by atomic mass is 32.2. The summed E-state index contributed by atoms with van der Waals surface area (Å²) in [6.07, 6.45) is 6.37. The molecule has 3 heterocycles. The number of hydrogen-bond donors (Lipinski definition) is 1. The van der Waals surface area contributed by atoms with Crippen molar-refractivity contribution in [1.82, 2.24) is 14.4 Å². The van der Waals surface area contributed by atoms with E-state index in [0.29, 0.717) is 36.9 Å². The number of ether oxygens (including phenoxy) is 1. The lowest BCUT2D eigenvalue weighted by molar-refractivity contribution is 0.0676. The minimum atomic E-state index is -0.183. The van der Waals surface area contributed by atoms with Gasteiger partial charge in [0, 0.05) is 49.8 Å². The first-order chi connectivity index (χ1) is 14.1. The molecule has 1 aliphatic rings. The van der Waals surface area contributed by atoms with Crippen LogP contribution >= 0.6 is 11.8 Å². The Labute approximate surface area is 174 Å². The molecular formula is C20H28N6O2S. The summed E-state index contributed by atoms with van der Waals surface area (Å²) < 4.78 is 7.50. The van der Waals surface area contributed by atoms with E-state index in [1.54, 1.807) is 17.7 Å².